The van der Waals surface area contributed by atoms with Gasteiger partial charge in [-0.2, -0.15) is 0 Å². The molecule has 1 aliphatic rings. The molecule has 1 aliphatic carbocycles. The van der Waals surface area contributed by atoms with E-state index in [2.05, 4.69) is 35.5 Å². The molecule has 0 N–H and O–H groups in total. The minimum atomic E-state index is 0.565. The zero-order chi connectivity index (χ0) is 9.10. The van der Waals surface area contributed by atoms with Gasteiger partial charge in [0, 0.05) is 19.2 Å². The maximum absolute atomic E-state index is 4.13. The van der Waals surface area contributed by atoms with Gasteiger partial charge in [-0.1, -0.05) is 24.3 Å². The predicted molar refractivity (Wildman–Crippen MR) is 56.5 cm³/mol. The number of nitrogens with zero attached hydrogens (tertiary/aromatic N) is 1. The third-order valence-corrected chi connectivity index (χ3v) is 2.74. The maximum Gasteiger partial charge on any atom is 0.0273 e. The molecule has 1 heteroatoms. The van der Waals surface area contributed by atoms with Crippen LogP contribution in [0.25, 0.3) is 0 Å². The Labute approximate surface area is 79.5 Å². The van der Waals surface area contributed by atoms with Crippen molar-refractivity contribution in [1.82, 2.24) is 0 Å². The van der Waals surface area contributed by atoms with Gasteiger partial charge in [-0.15, -0.1) is 0 Å². The second kappa shape index (κ2) is 3.73. The highest BCUT2D eigenvalue weighted by Gasteiger charge is 2.17. The molecule has 0 radical (unpaired) electrons. The van der Waals surface area contributed by atoms with E-state index in [1.807, 2.05) is 7.05 Å². The first-order valence-electron chi connectivity index (χ1n) is 4.92. The van der Waals surface area contributed by atoms with Gasteiger partial charge in [0.1, 0.15) is 0 Å². The minimum absolute atomic E-state index is 0.565. The van der Waals surface area contributed by atoms with Crippen LogP contribution in [0.5, 0.6) is 0 Å². The molecule has 2 rings (SSSR count). The Morgan fingerprint density at radius 2 is 2.23 bits per heavy atom. The summed E-state index contributed by atoms with van der Waals surface area (Å²) in [7, 11) is 1.86. The lowest BCUT2D eigenvalue weighted by atomic mass is 9.83. The van der Waals surface area contributed by atoms with Crippen LogP contribution in [0.2, 0.25) is 0 Å². The lowest BCUT2D eigenvalue weighted by Crippen LogP contribution is -2.10. The molecule has 0 amide bonds. The summed E-state index contributed by atoms with van der Waals surface area (Å²) in [5, 5.41) is 0. The Balaban J connectivity index is 2.36. The summed E-state index contributed by atoms with van der Waals surface area (Å²) in [5.41, 5.74) is 3.00. The molecule has 1 aromatic carbocycles. The van der Waals surface area contributed by atoms with Crippen molar-refractivity contribution in [3.63, 3.8) is 0 Å². The molecular weight excluding hydrogens is 158 g/mol. The lowest BCUT2D eigenvalue weighted by molar-refractivity contribution is 0.656. The third kappa shape index (κ3) is 1.64. The highest BCUT2D eigenvalue weighted by atomic mass is 14.6. The van der Waals surface area contributed by atoms with Crippen molar-refractivity contribution in [3.05, 3.63) is 35.4 Å². The zero-order valence-corrected chi connectivity index (χ0v) is 8.03. The van der Waals surface area contributed by atoms with E-state index in [0.717, 1.165) is 0 Å². The van der Waals surface area contributed by atoms with E-state index in [4.69, 9.17) is 0 Å². The molecule has 1 aromatic rings. The molecule has 13 heavy (non-hydrogen) atoms. The van der Waals surface area contributed by atoms with Crippen LogP contribution in [0, 0.1) is 0 Å². The van der Waals surface area contributed by atoms with Gasteiger partial charge in [-0.05, 0) is 30.4 Å². The molecule has 0 heterocycles. The van der Waals surface area contributed by atoms with Gasteiger partial charge < -0.3 is 4.99 Å². The Kier molecular flexibility index (Phi) is 2.44. The number of benzene rings is 1. The number of aliphatic imine (C=N–C) groups is 1. The van der Waals surface area contributed by atoms with Crippen LogP contribution < -0.4 is 0 Å². The SMILES string of the molecule is CN=CC1CCCc2ccccc21. The zero-order valence-electron chi connectivity index (χ0n) is 8.03. The third-order valence-electron chi connectivity index (χ3n) is 2.74. The number of hydrogen-bond donors (Lipinski definition) is 0. The van der Waals surface area contributed by atoms with E-state index >= 15 is 0 Å². The number of rotatable bonds is 1. The second-order valence-corrected chi connectivity index (χ2v) is 3.60. The van der Waals surface area contributed by atoms with Gasteiger partial charge in [0.2, 0.25) is 0 Å². The number of fused-ring (bicyclic) bond motifs is 1. The van der Waals surface area contributed by atoms with Crippen molar-refractivity contribution in [1.29, 1.82) is 0 Å². The molecule has 1 nitrogen and oxygen atoms in total. The smallest absolute Gasteiger partial charge is 0.0273 e. The number of aryl methyl sites for hydroxylation is 1. The van der Waals surface area contributed by atoms with Crippen LogP contribution >= 0.6 is 0 Å². The van der Waals surface area contributed by atoms with Crippen molar-refractivity contribution >= 4 is 6.21 Å². The summed E-state index contributed by atoms with van der Waals surface area (Å²) in [6, 6.07) is 8.73. The van der Waals surface area contributed by atoms with Crippen molar-refractivity contribution in [2.45, 2.75) is 25.2 Å². The monoisotopic (exact) mass is 173 g/mol. The van der Waals surface area contributed by atoms with Gasteiger partial charge in [-0.3, -0.25) is 0 Å². The fourth-order valence-electron chi connectivity index (χ4n) is 2.13. The van der Waals surface area contributed by atoms with Crippen molar-refractivity contribution in [2.75, 3.05) is 7.05 Å². The van der Waals surface area contributed by atoms with Gasteiger partial charge in [0.15, 0.2) is 0 Å². The molecule has 0 saturated carbocycles. The standard InChI is InChI=1S/C12H15N/c1-13-9-11-7-4-6-10-5-2-3-8-12(10)11/h2-3,5,8-9,11H,4,6-7H2,1H3. The molecule has 1 atom stereocenters. The topological polar surface area (TPSA) is 12.4 Å². The summed E-state index contributed by atoms with van der Waals surface area (Å²) in [4.78, 5) is 4.13. The summed E-state index contributed by atoms with van der Waals surface area (Å²) >= 11 is 0. The van der Waals surface area contributed by atoms with Crippen LogP contribution in [0.1, 0.15) is 29.9 Å². The molecule has 68 valence electrons. The Morgan fingerprint density at radius 3 is 3.08 bits per heavy atom. The molecule has 0 aromatic heterocycles. The van der Waals surface area contributed by atoms with Gasteiger partial charge in [-0.25, -0.2) is 0 Å². The minimum Gasteiger partial charge on any atom is -0.300 e. The lowest BCUT2D eigenvalue weighted by Gasteiger charge is -2.21. The first-order valence-corrected chi connectivity index (χ1v) is 4.92. The predicted octanol–water partition coefficient (Wildman–Crippen LogP) is 2.81. The highest BCUT2D eigenvalue weighted by Crippen LogP contribution is 2.29. The first-order chi connectivity index (χ1) is 6.42. The fraction of sp³-hybridized carbons (Fsp3) is 0.417. The van der Waals surface area contributed by atoms with E-state index < -0.39 is 0 Å². The van der Waals surface area contributed by atoms with E-state index in [1.54, 1.807) is 0 Å². The molecule has 0 bridgehead atoms. The summed E-state index contributed by atoms with van der Waals surface area (Å²) in [5.74, 6) is 0.565. The van der Waals surface area contributed by atoms with Gasteiger partial charge in [0.05, 0.1) is 0 Å². The van der Waals surface area contributed by atoms with Gasteiger partial charge in [0.25, 0.3) is 0 Å². The summed E-state index contributed by atoms with van der Waals surface area (Å²) in [6.45, 7) is 0. The largest absolute Gasteiger partial charge is 0.300 e. The molecule has 0 aliphatic heterocycles. The van der Waals surface area contributed by atoms with E-state index in [1.165, 1.54) is 30.4 Å². The highest BCUT2D eigenvalue weighted by molar-refractivity contribution is 5.69. The van der Waals surface area contributed by atoms with E-state index in [9.17, 15) is 0 Å². The molecule has 0 fully saturated rings. The van der Waals surface area contributed by atoms with Crippen LogP contribution in [0.15, 0.2) is 29.3 Å². The molecule has 0 spiro atoms. The number of hydrogen-bond acceptors (Lipinski definition) is 1. The van der Waals surface area contributed by atoms with E-state index in [-0.39, 0.29) is 0 Å². The average Bonchev–Trinajstić information content (AvgIpc) is 2.19. The van der Waals surface area contributed by atoms with Crippen LogP contribution in [-0.4, -0.2) is 13.3 Å². The van der Waals surface area contributed by atoms with Gasteiger partial charge >= 0.3 is 0 Å². The Morgan fingerprint density at radius 1 is 1.38 bits per heavy atom. The normalized spacial score (nSPS) is 21.8. The van der Waals surface area contributed by atoms with Crippen LogP contribution in [0.3, 0.4) is 0 Å². The fourth-order valence-corrected chi connectivity index (χ4v) is 2.13. The van der Waals surface area contributed by atoms with Crippen molar-refractivity contribution < 1.29 is 0 Å². The van der Waals surface area contributed by atoms with Crippen molar-refractivity contribution in [2.24, 2.45) is 4.99 Å². The second-order valence-electron chi connectivity index (χ2n) is 3.60. The Hall–Kier alpha value is -1.11. The quantitative estimate of drug-likeness (QED) is 0.579. The van der Waals surface area contributed by atoms with E-state index in [0.29, 0.717) is 5.92 Å². The van der Waals surface area contributed by atoms with Crippen molar-refractivity contribution in [3.8, 4) is 0 Å². The first kappa shape index (κ1) is 8.49. The molecular formula is C12H15N. The van der Waals surface area contributed by atoms with Crippen LogP contribution in [-0.2, 0) is 6.42 Å². The summed E-state index contributed by atoms with van der Waals surface area (Å²) in [6.07, 6.45) is 5.88. The van der Waals surface area contributed by atoms with Crippen LogP contribution in [0.4, 0.5) is 0 Å². The Bertz CT molecular complexity index is 315. The molecule has 1 unspecified atom stereocenters. The average molecular weight is 173 g/mol. The molecule has 0 saturated heterocycles. The summed E-state index contributed by atoms with van der Waals surface area (Å²) < 4.78 is 0. The maximum atomic E-state index is 4.13.